The summed E-state index contributed by atoms with van der Waals surface area (Å²) >= 11 is 0. The first-order chi connectivity index (χ1) is 16.7. The maximum atomic E-state index is 13.4. The number of piperidine rings is 2. The predicted molar refractivity (Wildman–Crippen MR) is 131 cm³/mol. The summed E-state index contributed by atoms with van der Waals surface area (Å²) < 4.78 is 5.91. The summed E-state index contributed by atoms with van der Waals surface area (Å²) in [4.78, 5) is 30.3. The van der Waals surface area contributed by atoms with E-state index in [0.717, 1.165) is 58.3 Å². The highest BCUT2D eigenvalue weighted by Crippen LogP contribution is 2.44. The molecule has 3 heterocycles. The van der Waals surface area contributed by atoms with E-state index in [4.69, 9.17) is 4.74 Å². The molecule has 1 spiro atoms. The zero-order valence-corrected chi connectivity index (χ0v) is 19.7. The van der Waals surface area contributed by atoms with E-state index in [2.05, 4.69) is 41.7 Å². The summed E-state index contributed by atoms with van der Waals surface area (Å²) in [6.07, 6.45) is 4.55. The fourth-order valence-corrected chi connectivity index (χ4v) is 6.49. The van der Waals surface area contributed by atoms with Crippen LogP contribution in [0.4, 0.5) is 4.79 Å². The van der Waals surface area contributed by atoms with Crippen LogP contribution in [0.15, 0.2) is 48.5 Å². The Morgan fingerprint density at radius 2 is 1.59 bits per heavy atom. The number of nitrogens with one attached hydrogen (secondary N) is 1. The van der Waals surface area contributed by atoms with E-state index in [1.165, 1.54) is 22.3 Å². The van der Waals surface area contributed by atoms with Crippen LogP contribution < -0.4 is 5.32 Å². The van der Waals surface area contributed by atoms with E-state index >= 15 is 0 Å². The minimum absolute atomic E-state index is 0.0328. The van der Waals surface area contributed by atoms with Gasteiger partial charge in [-0.1, -0.05) is 48.5 Å². The first kappa shape index (κ1) is 21.7. The maximum absolute atomic E-state index is 13.4. The molecule has 34 heavy (non-hydrogen) atoms. The third-order valence-electron chi connectivity index (χ3n) is 8.39. The molecule has 2 aromatic rings. The molecule has 0 unspecified atom stereocenters. The van der Waals surface area contributed by atoms with Gasteiger partial charge in [0, 0.05) is 31.0 Å². The van der Waals surface area contributed by atoms with Gasteiger partial charge < -0.3 is 15.0 Å². The molecule has 4 aliphatic rings. The van der Waals surface area contributed by atoms with Crippen molar-refractivity contribution >= 4 is 12.0 Å². The Balaban J connectivity index is 1.13. The number of hydrogen-bond acceptors (Lipinski definition) is 4. The monoisotopic (exact) mass is 459 g/mol. The van der Waals surface area contributed by atoms with Crippen molar-refractivity contribution in [2.24, 2.45) is 5.41 Å². The molecule has 6 nitrogen and oxygen atoms in total. The highest BCUT2D eigenvalue weighted by molar-refractivity contribution is 5.87. The van der Waals surface area contributed by atoms with Crippen molar-refractivity contribution < 1.29 is 14.3 Å². The summed E-state index contributed by atoms with van der Waals surface area (Å²) in [5.41, 5.74) is 5.14. The average Bonchev–Trinajstić information content (AvgIpc) is 3.19. The van der Waals surface area contributed by atoms with Crippen LogP contribution in [0.5, 0.6) is 0 Å². The SMILES string of the molecule is O=C([C@H]1CCCCN1C(=O)OCC1c2ccccc2-c2ccccc21)N1CC2(CCNCC2)C1. The third kappa shape index (κ3) is 3.68. The van der Waals surface area contributed by atoms with Crippen molar-refractivity contribution in [3.63, 3.8) is 0 Å². The third-order valence-corrected chi connectivity index (χ3v) is 8.39. The molecule has 0 saturated carbocycles. The van der Waals surface area contributed by atoms with Gasteiger partial charge in [0.05, 0.1) is 0 Å². The molecule has 1 aliphatic carbocycles. The van der Waals surface area contributed by atoms with E-state index in [0.29, 0.717) is 18.6 Å². The van der Waals surface area contributed by atoms with Gasteiger partial charge in [-0.15, -0.1) is 0 Å². The number of carbonyl (C=O) groups is 2. The molecule has 3 fully saturated rings. The zero-order chi connectivity index (χ0) is 23.1. The first-order valence-electron chi connectivity index (χ1n) is 12.8. The number of carbonyl (C=O) groups excluding carboxylic acids is 2. The van der Waals surface area contributed by atoms with Crippen molar-refractivity contribution in [3.8, 4) is 11.1 Å². The van der Waals surface area contributed by atoms with Gasteiger partial charge in [-0.2, -0.15) is 0 Å². The Morgan fingerprint density at radius 1 is 0.941 bits per heavy atom. The predicted octanol–water partition coefficient (Wildman–Crippen LogP) is 4.00. The largest absolute Gasteiger partial charge is 0.448 e. The Labute approximate surface area is 201 Å². The molecule has 0 radical (unpaired) electrons. The molecular formula is C28H33N3O3. The average molecular weight is 460 g/mol. The van der Waals surface area contributed by atoms with Crippen LogP contribution in [0, 0.1) is 5.41 Å². The van der Waals surface area contributed by atoms with Crippen molar-refractivity contribution in [2.45, 2.75) is 44.1 Å². The van der Waals surface area contributed by atoms with E-state index in [1.54, 1.807) is 4.90 Å². The standard InChI is InChI=1S/C28H33N3O3/c32-26(30-18-28(19-30)12-14-29-15-13-28)25-11-5-6-16-31(25)27(33)34-17-24-22-9-3-1-7-20(22)21-8-2-4-10-23(21)24/h1-4,7-10,24-25,29H,5-6,11-19H2/t25-/m1/s1. The Bertz CT molecular complexity index is 1040. The van der Waals surface area contributed by atoms with E-state index in [9.17, 15) is 9.59 Å². The highest BCUT2D eigenvalue weighted by Gasteiger charge is 2.48. The van der Waals surface area contributed by atoms with E-state index < -0.39 is 0 Å². The first-order valence-corrected chi connectivity index (χ1v) is 12.8. The zero-order valence-electron chi connectivity index (χ0n) is 19.7. The minimum atomic E-state index is -0.386. The molecule has 3 saturated heterocycles. The van der Waals surface area contributed by atoms with Crippen LogP contribution in [0.25, 0.3) is 11.1 Å². The number of nitrogens with zero attached hydrogens (tertiary/aromatic N) is 2. The number of amides is 2. The second-order valence-corrected chi connectivity index (χ2v) is 10.5. The molecule has 178 valence electrons. The van der Waals surface area contributed by atoms with Crippen LogP contribution in [-0.2, 0) is 9.53 Å². The number of hydrogen-bond donors (Lipinski definition) is 1. The lowest BCUT2D eigenvalue weighted by Crippen LogP contribution is -2.65. The smallest absolute Gasteiger partial charge is 0.410 e. The van der Waals surface area contributed by atoms with Gasteiger partial charge in [-0.3, -0.25) is 9.69 Å². The number of ether oxygens (including phenoxy) is 1. The summed E-state index contributed by atoms with van der Waals surface area (Å²) in [6.45, 7) is 4.64. The molecule has 0 bridgehead atoms. The van der Waals surface area contributed by atoms with E-state index in [1.807, 2.05) is 17.0 Å². The van der Waals surface area contributed by atoms with Gasteiger partial charge in [0.25, 0.3) is 0 Å². The van der Waals surface area contributed by atoms with Crippen molar-refractivity contribution in [1.82, 2.24) is 15.1 Å². The molecule has 3 aliphatic heterocycles. The Morgan fingerprint density at radius 3 is 2.26 bits per heavy atom. The Kier molecular flexibility index (Phi) is 5.56. The van der Waals surface area contributed by atoms with Gasteiger partial charge in [0.2, 0.25) is 5.91 Å². The molecular weight excluding hydrogens is 426 g/mol. The van der Waals surface area contributed by atoms with Crippen molar-refractivity contribution in [2.75, 3.05) is 39.3 Å². The lowest BCUT2D eigenvalue weighted by atomic mass is 9.72. The molecule has 6 heteroatoms. The molecule has 1 atom stereocenters. The summed E-state index contributed by atoms with van der Waals surface area (Å²) in [5.74, 6) is 0.141. The summed E-state index contributed by atoms with van der Waals surface area (Å²) in [5, 5.41) is 3.41. The quantitative estimate of drug-likeness (QED) is 0.754. The molecule has 0 aromatic heterocycles. The fourth-order valence-electron chi connectivity index (χ4n) is 6.49. The maximum Gasteiger partial charge on any atom is 0.410 e. The van der Waals surface area contributed by atoms with Gasteiger partial charge >= 0.3 is 6.09 Å². The van der Waals surface area contributed by atoms with Crippen molar-refractivity contribution in [3.05, 3.63) is 59.7 Å². The van der Waals surface area contributed by atoms with Gasteiger partial charge in [-0.25, -0.2) is 4.79 Å². The second-order valence-electron chi connectivity index (χ2n) is 10.5. The van der Waals surface area contributed by atoms with Crippen LogP contribution in [0.3, 0.4) is 0 Å². The lowest BCUT2D eigenvalue weighted by molar-refractivity contribution is -0.151. The lowest BCUT2D eigenvalue weighted by Gasteiger charge is -2.54. The molecule has 1 N–H and O–H groups in total. The van der Waals surface area contributed by atoms with Crippen LogP contribution in [0.1, 0.15) is 49.1 Å². The van der Waals surface area contributed by atoms with Crippen LogP contribution >= 0.6 is 0 Å². The summed E-state index contributed by atoms with van der Waals surface area (Å²) in [7, 11) is 0. The molecule has 6 rings (SSSR count). The Hall–Kier alpha value is -2.86. The normalized spacial score (nSPS) is 23.2. The van der Waals surface area contributed by atoms with Gasteiger partial charge in [-0.05, 0) is 67.4 Å². The topological polar surface area (TPSA) is 61.9 Å². The van der Waals surface area contributed by atoms with Crippen molar-refractivity contribution in [1.29, 1.82) is 0 Å². The minimum Gasteiger partial charge on any atom is -0.448 e. The second kappa shape index (κ2) is 8.73. The molecule has 2 amide bonds. The number of benzene rings is 2. The van der Waals surface area contributed by atoms with Gasteiger partial charge in [0.15, 0.2) is 0 Å². The van der Waals surface area contributed by atoms with Crippen LogP contribution in [-0.4, -0.2) is 67.2 Å². The fraction of sp³-hybridized carbons (Fsp3) is 0.500. The number of rotatable bonds is 3. The number of likely N-dealkylation sites (tertiary alicyclic amines) is 2. The molecule has 2 aromatic carbocycles. The van der Waals surface area contributed by atoms with Crippen LogP contribution in [0.2, 0.25) is 0 Å². The number of fused-ring (bicyclic) bond motifs is 3. The van der Waals surface area contributed by atoms with Gasteiger partial charge in [0.1, 0.15) is 12.6 Å². The van der Waals surface area contributed by atoms with E-state index in [-0.39, 0.29) is 24.0 Å². The highest BCUT2D eigenvalue weighted by atomic mass is 16.6. The summed E-state index contributed by atoms with van der Waals surface area (Å²) in [6, 6.07) is 16.3.